The Balaban J connectivity index is 1.01. The fourth-order valence-electron chi connectivity index (χ4n) is 16.7. The van der Waals surface area contributed by atoms with Gasteiger partial charge in [-0.2, -0.15) is 0 Å². The minimum Gasteiger partial charge on any atom is -0.508 e. The highest BCUT2D eigenvalue weighted by molar-refractivity contribution is 6.32. The van der Waals surface area contributed by atoms with Gasteiger partial charge in [0, 0.05) is 71.8 Å². The number of hydrogen-bond donors (Lipinski definition) is 25. The number of imidazole rings is 1. The number of H-pyrrole nitrogens is 2. The van der Waals surface area contributed by atoms with Gasteiger partial charge >= 0.3 is 5.97 Å². The van der Waals surface area contributed by atoms with E-state index in [2.05, 4.69) is 68.1 Å². The van der Waals surface area contributed by atoms with Gasteiger partial charge in [-0.25, -0.2) is 9.78 Å². The number of rotatable bonds is 27. The highest BCUT2D eigenvalue weighted by Gasteiger charge is 2.57. The fraction of sp³-hybridized carbons (Fsp3) is 0.416. The summed E-state index contributed by atoms with van der Waals surface area (Å²) in [7, 11) is 1.33. The molecule has 6 aromatic carbocycles. The first kappa shape index (κ1) is 98.6. The zero-order chi connectivity index (χ0) is 96.8. The molecule has 2 aromatic heterocycles. The lowest BCUT2D eigenvalue weighted by Crippen LogP contribution is -2.73. The maximum atomic E-state index is 16.7. The van der Waals surface area contributed by atoms with Crippen LogP contribution in [0.2, 0.25) is 10.0 Å². The van der Waals surface area contributed by atoms with E-state index in [1.165, 1.54) is 51.6 Å². The molecule has 20 unspecified atom stereocenters. The van der Waals surface area contributed by atoms with Crippen LogP contribution in [-0.2, 0) is 86.3 Å². The van der Waals surface area contributed by atoms with E-state index in [4.69, 9.17) is 68.8 Å². The average Bonchev–Trinajstić information content (AvgIpc) is 0.805. The number of benzene rings is 6. The molecule has 11 bridgehead atoms. The number of aromatic nitrogens is 3. The summed E-state index contributed by atoms with van der Waals surface area (Å²) in [6.07, 6.45) is -17.4. The van der Waals surface area contributed by atoms with E-state index in [1.54, 1.807) is 44.3 Å². The molecule has 7 aliphatic heterocycles. The highest BCUT2D eigenvalue weighted by Crippen LogP contribution is 2.50. The molecule has 15 rings (SSSR count). The lowest BCUT2D eigenvalue weighted by atomic mass is 9.83. The number of nitrogens with one attached hydrogen (secondary N) is 12. The molecule has 43 nitrogen and oxygen atoms in total. The zero-order valence-corrected chi connectivity index (χ0v) is 74.2. The van der Waals surface area contributed by atoms with Crippen molar-refractivity contribution in [2.75, 3.05) is 20.2 Å². The number of aromatic hydroxyl groups is 3. The largest absolute Gasteiger partial charge is 0.508 e. The molecule has 9 heterocycles. The molecule has 2 fully saturated rings. The Morgan fingerprint density at radius 2 is 1.34 bits per heavy atom. The number of carbonyl (C=O) groups excluding carboxylic acids is 10. The standard InChI is InChI=1S/C89H104Cl2N16O27/c1-37(2)20-53(95-5)80(121)107-89(86(127)102-54(28-45-34-96-36-99-45)78(119)100-52(12-8-9-19-92)77(118)101-56(84(125)126)25-43-32-97-51-11-7-6-10-47(43)51)76(117)41-15-18-60(50(91)24-41)131-62-27-42-26-61(74(62)134-85-72(115)71(114)70(113)63(35-108)132-85)130-59-17-14-40(23-49(59)90)73(133-65-31-88(4,94)75(116)38(3)129-65)69-81(122)98-33-44-21-46(109)29-58(111)66(44)48-22-39(13-16-57(48)110)67(82(123)106-69)105-83(124)68(42)104-79(120)55(30-64(93)112)103-87(89)128/h6-7,10-11,13-18,21-24,26-27,29,32,34,36-38,52-56,63,65,67-73,75-76,85,95,97,108-111,113-117H,8-9,12,19-20,25,28,30-31,33,35,92,94H2,1-5H3,(H2,93,112)(H,96,99)(H,98,122)(H,100,119)(H,101,118)(H,102,127)(H,103,128)(H,104,120)(H,105,124)(H,106,123)(H,107,121)(H,125,126). The van der Waals surface area contributed by atoms with Crippen molar-refractivity contribution in [3.8, 4) is 57.1 Å². The number of phenolic OH excluding ortho intramolecular Hbond substituents is 3. The number of aliphatic carboxylic acids is 1. The van der Waals surface area contributed by atoms with Crippen LogP contribution < -0.4 is 84.6 Å². The lowest BCUT2D eigenvalue weighted by Gasteiger charge is -2.44. The van der Waals surface area contributed by atoms with E-state index in [0.717, 1.165) is 60.7 Å². The summed E-state index contributed by atoms with van der Waals surface area (Å²) in [4.78, 5) is 181. The summed E-state index contributed by atoms with van der Waals surface area (Å²) in [6, 6.07) is 4.69. The molecule has 2 saturated heterocycles. The minimum absolute atomic E-state index is 0.000373. The van der Waals surface area contributed by atoms with Gasteiger partial charge in [0.1, 0.15) is 108 Å². The number of nitrogens with zero attached hydrogens (tertiary/aromatic N) is 1. The van der Waals surface area contributed by atoms with Crippen molar-refractivity contribution in [3.63, 3.8) is 0 Å². The number of ether oxygens (including phenoxy) is 6. The molecule has 134 heavy (non-hydrogen) atoms. The van der Waals surface area contributed by atoms with E-state index < -0.39 is 279 Å². The van der Waals surface area contributed by atoms with Crippen molar-refractivity contribution in [1.29, 1.82) is 0 Å². The van der Waals surface area contributed by atoms with Gasteiger partial charge in [-0.3, -0.25) is 47.9 Å². The Kier molecular flexibility index (Phi) is 30.7. The van der Waals surface area contributed by atoms with Gasteiger partial charge in [-0.05, 0) is 153 Å². The Labute approximate surface area is 773 Å². The van der Waals surface area contributed by atoms with Crippen LogP contribution in [0.25, 0.3) is 22.0 Å². The maximum Gasteiger partial charge on any atom is 0.326 e. The van der Waals surface area contributed by atoms with Crippen molar-refractivity contribution in [3.05, 3.63) is 171 Å². The van der Waals surface area contributed by atoms with Crippen LogP contribution >= 0.6 is 23.2 Å². The molecule has 0 saturated carbocycles. The highest BCUT2D eigenvalue weighted by atomic mass is 35.5. The summed E-state index contributed by atoms with van der Waals surface area (Å²) < 4.78 is 38.7. The molecular weight excluding hydrogens is 1800 g/mol. The summed E-state index contributed by atoms with van der Waals surface area (Å²) in [5.74, 6) is -21.2. The SMILES string of the molecule is CNC(CC(C)C)C(=O)NC1(C(=O)NC(Cc2c[nH]cn2)C(=O)NC(CCCCN)C(=O)NC(Cc2c[nH]c3ccccc23)C(=O)O)C(=O)NC(CC(N)=O)C(=O)NC2C(=O)NC3C(=O)NC(C(=O)NCc4cc(O)cc(O)c4-c4cc3ccc4O)C(OC3CC(C)(N)C(O)C(C)O3)c3ccc(c(Cl)c3)Oc3cc2cc(c3OC2OC(CO)C(O)C(O)C2O)Oc2ccc(cc2Cl)C1O. The first-order chi connectivity index (χ1) is 63.7. The van der Waals surface area contributed by atoms with Gasteiger partial charge in [0.15, 0.2) is 17.8 Å². The van der Waals surface area contributed by atoms with Crippen molar-refractivity contribution >= 4 is 99.1 Å². The number of hydrogen-bond acceptors (Lipinski definition) is 30. The number of phenols is 3. The van der Waals surface area contributed by atoms with Crippen LogP contribution in [-0.4, -0.2) is 248 Å². The van der Waals surface area contributed by atoms with Gasteiger partial charge in [0.2, 0.25) is 64.8 Å². The first-order valence-corrected chi connectivity index (χ1v) is 43.5. The maximum absolute atomic E-state index is 16.7. The molecule has 0 radical (unpaired) electrons. The molecule has 45 heteroatoms. The van der Waals surface area contributed by atoms with Crippen LogP contribution in [0, 0.1) is 5.92 Å². The molecule has 7 aliphatic rings. The Hall–Kier alpha value is -12.9. The smallest absolute Gasteiger partial charge is 0.326 e. The number of unbranched alkanes of at least 4 members (excludes halogenated alkanes) is 1. The second-order valence-corrected chi connectivity index (χ2v) is 34.9. The molecule has 10 amide bonds. The number of carbonyl (C=O) groups is 11. The van der Waals surface area contributed by atoms with Gasteiger partial charge in [-0.15, -0.1) is 0 Å². The number of fused-ring (bicyclic) bond motifs is 16. The summed E-state index contributed by atoms with van der Waals surface area (Å²) in [6.45, 7) is 4.86. The van der Waals surface area contributed by atoms with E-state index in [1.807, 2.05) is 0 Å². The summed E-state index contributed by atoms with van der Waals surface area (Å²) >= 11 is 14.7. The average molecular weight is 1900 g/mol. The number of aromatic amines is 2. The van der Waals surface area contributed by atoms with Crippen molar-refractivity contribution in [2.24, 2.45) is 23.1 Å². The van der Waals surface area contributed by atoms with Crippen molar-refractivity contribution in [1.82, 2.24) is 68.1 Å². The lowest BCUT2D eigenvalue weighted by molar-refractivity contribution is -0.277. The number of amides is 10. The normalized spacial score (nSPS) is 25.7. The van der Waals surface area contributed by atoms with Gasteiger partial charge in [0.05, 0.1) is 53.3 Å². The van der Waals surface area contributed by atoms with Crippen LogP contribution in [0.5, 0.6) is 46.0 Å². The Morgan fingerprint density at radius 1 is 0.687 bits per heavy atom. The van der Waals surface area contributed by atoms with Crippen LogP contribution in [0.1, 0.15) is 130 Å². The summed E-state index contributed by atoms with van der Waals surface area (Å²) in [5, 5.41) is 140. The van der Waals surface area contributed by atoms with Gasteiger partial charge in [-0.1, -0.05) is 73.4 Å². The minimum atomic E-state index is -3.74. The number of carboxylic acid groups (broad SMARTS) is 1. The molecule has 716 valence electrons. The third-order valence-electron chi connectivity index (χ3n) is 23.8. The van der Waals surface area contributed by atoms with Crippen molar-refractivity contribution in [2.45, 2.75) is 206 Å². The predicted molar refractivity (Wildman–Crippen MR) is 472 cm³/mol. The monoisotopic (exact) mass is 1900 g/mol. The number of primary amides is 1. The summed E-state index contributed by atoms with van der Waals surface area (Å²) in [5.41, 5.74) is 12.4. The third kappa shape index (κ3) is 21.6. The number of aliphatic hydroxyl groups is 6. The van der Waals surface area contributed by atoms with Gasteiger partial charge < -0.3 is 160 Å². The van der Waals surface area contributed by atoms with Crippen LogP contribution in [0.4, 0.5) is 0 Å². The van der Waals surface area contributed by atoms with E-state index in [-0.39, 0.29) is 84.5 Å². The number of nitrogens with two attached hydrogens (primary N) is 3. The molecule has 28 N–H and O–H groups in total. The number of likely N-dealkylation sites (N-methyl/N-ethyl adjacent to an activating group) is 1. The Morgan fingerprint density at radius 3 is 1.99 bits per heavy atom. The number of para-hydroxylation sites is 1. The Bertz CT molecular complexity index is 5770. The molecule has 0 aliphatic carbocycles. The van der Waals surface area contributed by atoms with Gasteiger partial charge in [0.25, 0.3) is 11.8 Å². The number of carboxylic acids is 1. The van der Waals surface area contributed by atoms with E-state index in [9.17, 15) is 65.4 Å². The third-order valence-corrected chi connectivity index (χ3v) is 24.4. The topological polar surface area (TPSA) is 688 Å². The van der Waals surface area contributed by atoms with E-state index in [0.29, 0.717) is 16.5 Å². The molecular formula is C89H104Cl2N16O27. The fourth-order valence-corrected chi connectivity index (χ4v) is 17.1. The van der Waals surface area contributed by atoms with E-state index >= 15 is 38.4 Å². The second kappa shape index (κ2) is 41.7. The number of aliphatic hydroxyl groups excluding tert-OH is 6. The quantitative estimate of drug-likeness (QED) is 0.0242. The first-order valence-electron chi connectivity index (χ1n) is 42.8. The molecule has 8 aromatic rings. The van der Waals surface area contributed by atoms with Crippen LogP contribution in [0.15, 0.2) is 122 Å². The predicted octanol–water partition coefficient (Wildman–Crippen LogP) is 0.208. The zero-order valence-electron chi connectivity index (χ0n) is 72.6. The molecule has 20 atom stereocenters. The van der Waals surface area contributed by atoms with Crippen LogP contribution in [0.3, 0.4) is 0 Å². The van der Waals surface area contributed by atoms with Crippen molar-refractivity contribution < 1.29 is 132 Å². The second-order valence-electron chi connectivity index (χ2n) is 34.1. The number of halogens is 2. The molecule has 0 spiro atoms.